The number of nitrogens with zero attached hydrogens (tertiary/aromatic N) is 2. The Bertz CT molecular complexity index is 499. The molecule has 2 aromatic heterocycles. The zero-order valence-electron chi connectivity index (χ0n) is 11.1. The second-order valence-corrected chi connectivity index (χ2v) is 5.64. The van der Waals surface area contributed by atoms with Crippen LogP contribution >= 0.6 is 11.3 Å². The molecule has 3 rings (SSSR count). The number of rotatable bonds is 5. The molecule has 0 spiro atoms. The fourth-order valence-electron chi connectivity index (χ4n) is 2.38. The fourth-order valence-corrected chi connectivity index (χ4v) is 3.08. The average molecular weight is 291 g/mol. The summed E-state index contributed by atoms with van der Waals surface area (Å²) in [5.74, 6) is 0.0747. The molecular weight excluding hydrogens is 274 g/mol. The summed E-state index contributed by atoms with van der Waals surface area (Å²) in [6.07, 6.45) is 4.50. The lowest BCUT2D eigenvalue weighted by Gasteiger charge is -2.18. The van der Waals surface area contributed by atoms with E-state index in [1.54, 1.807) is 17.5 Å². The van der Waals surface area contributed by atoms with Crippen molar-refractivity contribution in [3.63, 3.8) is 0 Å². The zero-order valence-corrected chi connectivity index (χ0v) is 11.9. The number of amides is 1. The molecule has 106 valence electrons. The molecule has 0 saturated carbocycles. The molecular formula is C14H17N3O2S. The monoisotopic (exact) mass is 291 g/mol. The highest BCUT2D eigenvalue weighted by Crippen LogP contribution is 2.20. The molecule has 6 heteroatoms. The standard InChI is InChI=1S/C14H17N3O2S/c18-14(11-2-6-19-9-11)15-8-13(12-3-7-20-10-12)17-5-1-4-16-17/h1,3-5,7,10-11,13H,2,6,8-9H2,(H,15,18)/t11-,13+/m0/s1. The van der Waals surface area contributed by atoms with Gasteiger partial charge in [-0.05, 0) is 34.9 Å². The van der Waals surface area contributed by atoms with E-state index >= 15 is 0 Å². The number of hydrogen-bond donors (Lipinski definition) is 1. The number of aromatic nitrogens is 2. The molecule has 0 bridgehead atoms. The highest BCUT2D eigenvalue weighted by Gasteiger charge is 2.24. The van der Waals surface area contributed by atoms with E-state index in [2.05, 4.69) is 21.9 Å². The summed E-state index contributed by atoms with van der Waals surface area (Å²) in [4.78, 5) is 12.1. The van der Waals surface area contributed by atoms with Crippen LogP contribution in [0.3, 0.4) is 0 Å². The summed E-state index contributed by atoms with van der Waals surface area (Å²) in [6, 6.07) is 4.01. The molecule has 1 aliphatic heterocycles. The van der Waals surface area contributed by atoms with Crippen LogP contribution in [-0.4, -0.2) is 35.4 Å². The lowest BCUT2D eigenvalue weighted by molar-refractivity contribution is -0.125. The van der Waals surface area contributed by atoms with E-state index in [4.69, 9.17) is 4.74 Å². The van der Waals surface area contributed by atoms with Crippen LogP contribution in [0.2, 0.25) is 0 Å². The average Bonchev–Trinajstić information content (AvgIpc) is 3.22. The van der Waals surface area contributed by atoms with Crippen molar-refractivity contribution in [2.45, 2.75) is 12.5 Å². The summed E-state index contributed by atoms with van der Waals surface area (Å²) in [7, 11) is 0. The Morgan fingerprint density at radius 1 is 1.65 bits per heavy atom. The molecule has 1 fully saturated rings. The van der Waals surface area contributed by atoms with E-state index in [0.29, 0.717) is 19.8 Å². The van der Waals surface area contributed by atoms with Crippen molar-refractivity contribution < 1.29 is 9.53 Å². The third-order valence-corrected chi connectivity index (χ3v) is 4.24. The molecule has 0 radical (unpaired) electrons. The number of carbonyl (C=O) groups is 1. The minimum Gasteiger partial charge on any atom is -0.381 e. The topological polar surface area (TPSA) is 56.2 Å². The molecule has 2 atom stereocenters. The normalized spacial score (nSPS) is 19.9. The third-order valence-electron chi connectivity index (χ3n) is 3.54. The Morgan fingerprint density at radius 2 is 2.60 bits per heavy atom. The van der Waals surface area contributed by atoms with Gasteiger partial charge in [0.05, 0.1) is 18.6 Å². The first kappa shape index (κ1) is 13.3. The fraction of sp³-hybridized carbons (Fsp3) is 0.429. The van der Waals surface area contributed by atoms with Crippen molar-refractivity contribution in [1.82, 2.24) is 15.1 Å². The van der Waals surface area contributed by atoms with Gasteiger partial charge in [-0.2, -0.15) is 16.4 Å². The molecule has 0 unspecified atom stereocenters. The van der Waals surface area contributed by atoms with Crippen LogP contribution in [0.5, 0.6) is 0 Å². The highest BCUT2D eigenvalue weighted by atomic mass is 32.1. The predicted octanol–water partition coefficient (Wildman–Crippen LogP) is 1.69. The van der Waals surface area contributed by atoms with Crippen molar-refractivity contribution in [3.05, 3.63) is 40.8 Å². The maximum Gasteiger partial charge on any atom is 0.225 e. The van der Waals surface area contributed by atoms with Crippen molar-refractivity contribution in [2.24, 2.45) is 5.92 Å². The first-order chi connectivity index (χ1) is 9.84. The zero-order chi connectivity index (χ0) is 13.8. The van der Waals surface area contributed by atoms with E-state index in [1.165, 1.54) is 5.56 Å². The van der Waals surface area contributed by atoms with Gasteiger partial charge in [-0.25, -0.2) is 0 Å². The van der Waals surface area contributed by atoms with Gasteiger partial charge in [0, 0.05) is 25.5 Å². The van der Waals surface area contributed by atoms with Gasteiger partial charge < -0.3 is 10.1 Å². The van der Waals surface area contributed by atoms with Crippen molar-refractivity contribution in [1.29, 1.82) is 0 Å². The van der Waals surface area contributed by atoms with Crippen LogP contribution in [0.4, 0.5) is 0 Å². The summed E-state index contributed by atoms with van der Waals surface area (Å²) in [6.45, 7) is 1.77. The van der Waals surface area contributed by atoms with Crippen LogP contribution in [0.25, 0.3) is 0 Å². The van der Waals surface area contributed by atoms with Gasteiger partial charge >= 0.3 is 0 Å². The Balaban J connectivity index is 1.66. The van der Waals surface area contributed by atoms with Gasteiger partial charge in [-0.3, -0.25) is 9.48 Å². The lowest BCUT2D eigenvalue weighted by Crippen LogP contribution is -2.35. The van der Waals surface area contributed by atoms with E-state index in [0.717, 1.165) is 6.42 Å². The SMILES string of the molecule is O=C(NC[C@H](c1ccsc1)n1cccn1)[C@H]1CCOC1. The van der Waals surface area contributed by atoms with Gasteiger partial charge in [-0.15, -0.1) is 0 Å². The van der Waals surface area contributed by atoms with E-state index in [-0.39, 0.29) is 17.9 Å². The minimum absolute atomic E-state index is 0.00394. The second-order valence-electron chi connectivity index (χ2n) is 4.86. The maximum atomic E-state index is 12.1. The number of thiophene rings is 1. The number of nitrogens with one attached hydrogen (secondary N) is 1. The van der Waals surface area contributed by atoms with Crippen LogP contribution in [0.15, 0.2) is 35.3 Å². The first-order valence-electron chi connectivity index (χ1n) is 6.71. The van der Waals surface area contributed by atoms with E-state index in [1.807, 2.05) is 22.3 Å². The van der Waals surface area contributed by atoms with Gasteiger partial charge in [0.15, 0.2) is 0 Å². The van der Waals surface area contributed by atoms with Crippen molar-refractivity contribution >= 4 is 17.2 Å². The summed E-state index contributed by atoms with van der Waals surface area (Å²) >= 11 is 1.65. The predicted molar refractivity (Wildman–Crippen MR) is 76.6 cm³/mol. The quantitative estimate of drug-likeness (QED) is 0.912. The minimum atomic E-state index is -0.00394. The highest BCUT2D eigenvalue weighted by molar-refractivity contribution is 7.07. The third kappa shape index (κ3) is 2.91. The van der Waals surface area contributed by atoms with Crippen LogP contribution in [-0.2, 0) is 9.53 Å². The Morgan fingerprint density at radius 3 is 3.25 bits per heavy atom. The molecule has 20 heavy (non-hydrogen) atoms. The molecule has 1 N–H and O–H groups in total. The van der Waals surface area contributed by atoms with E-state index < -0.39 is 0 Å². The smallest absolute Gasteiger partial charge is 0.225 e. The molecule has 1 saturated heterocycles. The number of carbonyl (C=O) groups excluding carboxylic acids is 1. The maximum absolute atomic E-state index is 12.1. The van der Waals surface area contributed by atoms with Crippen LogP contribution in [0.1, 0.15) is 18.0 Å². The summed E-state index contributed by atoms with van der Waals surface area (Å²) < 4.78 is 7.14. The molecule has 0 aliphatic carbocycles. The van der Waals surface area contributed by atoms with Gasteiger partial charge in [0.1, 0.15) is 0 Å². The lowest BCUT2D eigenvalue weighted by atomic mass is 10.1. The number of ether oxygens (including phenoxy) is 1. The van der Waals surface area contributed by atoms with E-state index in [9.17, 15) is 4.79 Å². The van der Waals surface area contributed by atoms with Gasteiger partial charge in [-0.1, -0.05) is 0 Å². The Kier molecular flexibility index (Phi) is 4.13. The second kappa shape index (κ2) is 6.19. The molecule has 1 aliphatic rings. The van der Waals surface area contributed by atoms with Gasteiger partial charge in [0.25, 0.3) is 0 Å². The summed E-state index contributed by atoms with van der Waals surface area (Å²) in [5.41, 5.74) is 1.17. The van der Waals surface area contributed by atoms with Crippen LogP contribution < -0.4 is 5.32 Å². The Hall–Kier alpha value is -1.66. The van der Waals surface area contributed by atoms with Crippen molar-refractivity contribution in [2.75, 3.05) is 19.8 Å². The van der Waals surface area contributed by atoms with Gasteiger partial charge in [0.2, 0.25) is 5.91 Å². The molecule has 5 nitrogen and oxygen atoms in total. The molecule has 1 amide bonds. The number of hydrogen-bond acceptors (Lipinski definition) is 4. The van der Waals surface area contributed by atoms with Crippen LogP contribution in [0, 0.1) is 5.92 Å². The first-order valence-corrected chi connectivity index (χ1v) is 7.65. The Labute approximate surface area is 121 Å². The molecule has 0 aromatic carbocycles. The molecule has 3 heterocycles. The summed E-state index contributed by atoms with van der Waals surface area (Å²) in [5, 5.41) is 11.5. The van der Waals surface area contributed by atoms with Crippen molar-refractivity contribution in [3.8, 4) is 0 Å². The molecule has 2 aromatic rings. The largest absolute Gasteiger partial charge is 0.381 e.